The SMILES string of the molecule is CCNC(=O)NC(=O)CSc1nc2ccccc2c(=O)n1C. The lowest BCUT2D eigenvalue weighted by Crippen LogP contribution is -2.40. The van der Waals surface area contributed by atoms with Crippen LogP contribution in [-0.4, -0.2) is 33.8 Å². The number of para-hydroxylation sites is 1. The molecule has 0 atom stereocenters. The van der Waals surface area contributed by atoms with E-state index in [1.807, 2.05) is 0 Å². The summed E-state index contributed by atoms with van der Waals surface area (Å²) in [7, 11) is 1.60. The number of nitrogens with zero attached hydrogens (tertiary/aromatic N) is 2. The minimum atomic E-state index is -0.534. The van der Waals surface area contributed by atoms with Gasteiger partial charge in [-0.3, -0.25) is 19.5 Å². The van der Waals surface area contributed by atoms with E-state index >= 15 is 0 Å². The van der Waals surface area contributed by atoms with Gasteiger partial charge in [-0.15, -0.1) is 0 Å². The van der Waals surface area contributed by atoms with Gasteiger partial charge < -0.3 is 5.32 Å². The Balaban J connectivity index is 2.12. The fourth-order valence-corrected chi connectivity index (χ4v) is 2.60. The molecule has 0 saturated heterocycles. The molecule has 0 aliphatic carbocycles. The molecule has 0 unspecified atom stereocenters. The lowest BCUT2D eigenvalue weighted by Gasteiger charge is -2.08. The second-order valence-corrected chi connectivity index (χ2v) is 5.41. The summed E-state index contributed by atoms with van der Waals surface area (Å²) in [6.07, 6.45) is 0. The number of carbonyl (C=O) groups excluding carboxylic acids is 2. The molecular formula is C14H16N4O3S. The first kappa shape index (κ1) is 16.0. The van der Waals surface area contributed by atoms with Gasteiger partial charge in [0.1, 0.15) is 0 Å². The first-order valence-electron chi connectivity index (χ1n) is 6.69. The molecule has 8 heteroatoms. The first-order chi connectivity index (χ1) is 10.5. The van der Waals surface area contributed by atoms with Crippen molar-refractivity contribution in [1.82, 2.24) is 20.2 Å². The molecule has 2 rings (SSSR count). The van der Waals surface area contributed by atoms with Gasteiger partial charge in [0.2, 0.25) is 5.91 Å². The molecule has 0 aliphatic heterocycles. The van der Waals surface area contributed by atoms with Gasteiger partial charge in [0.05, 0.1) is 16.7 Å². The lowest BCUT2D eigenvalue weighted by molar-refractivity contribution is -0.117. The summed E-state index contributed by atoms with van der Waals surface area (Å²) in [5.41, 5.74) is 0.412. The molecule has 116 valence electrons. The molecule has 0 bridgehead atoms. The van der Waals surface area contributed by atoms with Crippen molar-refractivity contribution in [3.8, 4) is 0 Å². The van der Waals surface area contributed by atoms with Gasteiger partial charge in [-0.25, -0.2) is 9.78 Å². The molecule has 0 saturated carbocycles. The molecule has 0 aliphatic rings. The normalized spacial score (nSPS) is 10.5. The monoisotopic (exact) mass is 320 g/mol. The van der Waals surface area contributed by atoms with Gasteiger partial charge >= 0.3 is 6.03 Å². The van der Waals surface area contributed by atoms with Gasteiger partial charge in [0.25, 0.3) is 5.56 Å². The third-order valence-electron chi connectivity index (χ3n) is 2.86. The van der Waals surface area contributed by atoms with E-state index in [1.165, 1.54) is 4.57 Å². The average molecular weight is 320 g/mol. The predicted octanol–water partition coefficient (Wildman–Crippen LogP) is 0.871. The molecule has 0 spiro atoms. The first-order valence-corrected chi connectivity index (χ1v) is 7.67. The Morgan fingerprint density at radius 3 is 2.77 bits per heavy atom. The topological polar surface area (TPSA) is 93.1 Å². The number of imide groups is 1. The maximum absolute atomic E-state index is 12.2. The number of fused-ring (bicyclic) bond motifs is 1. The molecule has 1 aromatic heterocycles. The molecule has 1 aromatic carbocycles. The average Bonchev–Trinajstić information content (AvgIpc) is 2.49. The zero-order valence-electron chi connectivity index (χ0n) is 12.3. The Hall–Kier alpha value is -2.35. The standard InChI is InChI=1S/C14H16N4O3S/c1-3-15-13(21)17-11(19)8-22-14-16-10-7-5-4-6-9(10)12(20)18(14)2/h4-7H,3,8H2,1-2H3,(H2,15,17,19,21). The summed E-state index contributed by atoms with van der Waals surface area (Å²) >= 11 is 1.10. The largest absolute Gasteiger partial charge is 0.338 e. The third-order valence-corrected chi connectivity index (χ3v) is 3.89. The molecule has 2 aromatic rings. The summed E-state index contributed by atoms with van der Waals surface area (Å²) < 4.78 is 1.40. The number of hydrogen-bond acceptors (Lipinski definition) is 5. The summed E-state index contributed by atoms with van der Waals surface area (Å²) in [5.74, 6) is -0.450. The van der Waals surface area contributed by atoms with Crippen LogP contribution >= 0.6 is 11.8 Å². The minimum Gasteiger partial charge on any atom is -0.338 e. The van der Waals surface area contributed by atoms with Crippen molar-refractivity contribution in [1.29, 1.82) is 0 Å². The highest BCUT2D eigenvalue weighted by Crippen LogP contribution is 2.16. The molecule has 3 amide bonds. The molecule has 1 heterocycles. The van der Waals surface area contributed by atoms with Gasteiger partial charge in [-0.1, -0.05) is 23.9 Å². The van der Waals surface area contributed by atoms with Crippen LogP contribution in [0, 0.1) is 0 Å². The smallest absolute Gasteiger partial charge is 0.321 e. The number of urea groups is 1. The highest BCUT2D eigenvalue weighted by Gasteiger charge is 2.12. The van der Waals surface area contributed by atoms with E-state index in [9.17, 15) is 14.4 Å². The van der Waals surface area contributed by atoms with E-state index in [0.29, 0.717) is 22.6 Å². The number of aromatic nitrogens is 2. The van der Waals surface area contributed by atoms with Crippen molar-refractivity contribution in [2.45, 2.75) is 12.1 Å². The second-order valence-electron chi connectivity index (χ2n) is 4.47. The Kier molecular flexibility index (Phi) is 5.16. The minimum absolute atomic E-state index is 0.00421. The number of nitrogens with one attached hydrogen (secondary N) is 2. The lowest BCUT2D eigenvalue weighted by atomic mass is 10.2. The highest BCUT2D eigenvalue weighted by molar-refractivity contribution is 7.99. The molecule has 7 nitrogen and oxygen atoms in total. The second kappa shape index (κ2) is 7.08. The van der Waals surface area contributed by atoms with Crippen molar-refractivity contribution >= 4 is 34.6 Å². The van der Waals surface area contributed by atoms with Gasteiger partial charge in [-0.05, 0) is 19.1 Å². The molecule has 22 heavy (non-hydrogen) atoms. The van der Waals surface area contributed by atoms with Crippen LogP contribution in [0.4, 0.5) is 4.79 Å². The number of rotatable bonds is 4. The Morgan fingerprint density at radius 1 is 1.32 bits per heavy atom. The van der Waals surface area contributed by atoms with Crippen molar-refractivity contribution in [3.05, 3.63) is 34.6 Å². The number of benzene rings is 1. The van der Waals surface area contributed by atoms with Crippen LogP contribution in [0.15, 0.2) is 34.2 Å². The Labute approximate surface area is 131 Å². The molecule has 0 fully saturated rings. The quantitative estimate of drug-likeness (QED) is 0.644. The van der Waals surface area contributed by atoms with E-state index < -0.39 is 11.9 Å². The van der Waals surface area contributed by atoms with E-state index in [2.05, 4.69) is 15.6 Å². The number of amides is 3. The zero-order valence-corrected chi connectivity index (χ0v) is 13.1. The van der Waals surface area contributed by atoms with E-state index in [1.54, 1.807) is 38.2 Å². The summed E-state index contributed by atoms with van der Waals surface area (Å²) in [5, 5.41) is 5.62. The summed E-state index contributed by atoms with van der Waals surface area (Å²) in [6, 6.07) is 6.49. The van der Waals surface area contributed by atoms with Crippen molar-refractivity contribution in [3.63, 3.8) is 0 Å². The van der Waals surface area contributed by atoms with Crippen LogP contribution in [0.3, 0.4) is 0 Å². The maximum Gasteiger partial charge on any atom is 0.321 e. The summed E-state index contributed by atoms with van der Waals surface area (Å²) in [6.45, 7) is 2.20. The third kappa shape index (κ3) is 3.64. The van der Waals surface area contributed by atoms with Crippen LogP contribution in [0.1, 0.15) is 6.92 Å². The zero-order chi connectivity index (χ0) is 16.1. The van der Waals surface area contributed by atoms with Crippen molar-refractivity contribution < 1.29 is 9.59 Å². The van der Waals surface area contributed by atoms with Crippen LogP contribution in [-0.2, 0) is 11.8 Å². The van der Waals surface area contributed by atoms with Crippen LogP contribution < -0.4 is 16.2 Å². The van der Waals surface area contributed by atoms with Gasteiger partial charge in [-0.2, -0.15) is 0 Å². The van der Waals surface area contributed by atoms with Gasteiger partial charge in [0.15, 0.2) is 5.16 Å². The molecule has 0 radical (unpaired) electrons. The fraction of sp³-hybridized carbons (Fsp3) is 0.286. The van der Waals surface area contributed by atoms with Crippen molar-refractivity contribution in [2.24, 2.45) is 7.05 Å². The Morgan fingerprint density at radius 2 is 2.05 bits per heavy atom. The number of hydrogen-bond donors (Lipinski definition) is 2. The number of thioether (sulfide) groups is 1. The maximum atomic E-state index is 12.2. The Bertz CT molecular complexity index is 772. The highest BCUT2D eigenvalue weighted by atomic mass is 32.2. The molecular weight excluding hydrogens is 304 g/mol. The predicted molar refractivity (Wildman–Crippen MR) is 84.9 cm³/mol. The fourth-order valence-electron chi connectivity index (χ4n) is 1.82. The molecule has 2 N–H and O–H groups in total. The van der Waals surface area contributed by atoms with Crippen LogP contribution in [0.5, 0.6) is 0 Å². The van der Waals surface area contributed by atoms with Gasteiger partial charge in [0, 0.05) is 13.6 Å². The van der Waals surface area contributed by atoms with E-state index in [-0.39, 0.29) is 11.3 Å². The van der Waals surface area contributed by atoms with Crippen LogP contribution in [0.25, 0.3) is 10.9 Å². The summed E-state index contributed by atoms with van der Waals surface area (Å²) in [4.78, 5) is 39.5. The number of carbonyl (C=O) groups is 2. The van der Waals surface area contributed by atoms with Crippen molar-refractivity contribution in [2.75, 3.05) is 12.3 Å². The van der Waals surface area contributed by atoms with Crippen LogP contribution in [0.2, 0.25) is 0 Å². The van der Waals surface area contributed by atoms with E-state index in [4.69, 9.17) is 0 Å². The van der Waals surface area contributed by atoms with E-state index in [0.717, 1.165) is 11.8 Å².